The van der Waals surface area contributed by atoms with Crippen molar-refractivity contribution in [1.29, 1.82) is 0 Å². The summed E-state index contributed by atoms with van der Waals surface area (Å²) in [6, 6.07) is 0. The second kappa shape index (κ2) is 4.15. The first-order chi connectivity index (χ1) is 7.09. The van der Waals surface area contributed by atoms with Crippen molar-refractivity contribution in [3.63, 3.8) is 0 Å². The molecule has 0 spiro atoms. The average Bonchev–Trinajstić information content (AvgIpc) is 2.69. The van der Waals surface area contributed by atoms with Crippen molar-refractivity contribution in [3.8, 4) is 0 Å². The molecule has 0 nitrogen and oxygen atoms in total. The molecule has 0 bridgehead atoms. The predicted molar refractivity (Wildman–Crippen MR) is 66.8 cm³/mol. The van der Waals surface area contributed by atoms with Gasteiger partial charge in [-0.2, -0.15) is 0 Å². The second-order valence-corrected chi connectivity index (χ2v) is 6.11. The summed E-state index contributed by atoms with van der Waals surface area (Å²) in [5, 5.41) is 0. The van der Waals surface area contributed by atoms with Crippen LogP contribution in [-0.2, 0) is 0 Å². The Balaban J connectivity index is 2.29. The molecule has 15 heavy (non-hydrogen) atoms. The summed E-state index contributed by atoms with van der Waals surface area (Å²) in [6.07, 6.45) is 13.1. The maximum atomic E-state index is 2.43. The van der Waals surface area contributed by atoms with E-state index >= 15 is 0 Å². The minimum Gasteiger partial charge on any atom is -0.0839 e. The van der Waals surface area contributed by atoms with Gasteiger partial charge in [0.2, 0.25) is 0 Å². The Morgan fingerprint density at radius 2 is 1.80 bits per heavy atom. The highest BCUT2D eigenvalue weighted by Crippen LogP contribution is 2.42. The highest BCUT2D eigenvalue weighted by atomic mass is 14.3. The molecule has 0 radical (unpaired) electrons. The summed E-state index contributed by atoms with van der Waals surface area (Å²) in [7, 11) is 0. The van der Waals surface area contributed by atoms with Gasteiger partial charge < -0.3 is 0 Å². The molecular formula is C15H24. The molecule has 1 saturated carbocycles. The molecule has 2 aliphatic carbocycles. The van der Waals surface area contributed by atoms with Crippen LogP contribution in [0.15, 0.2) is 23.3 Å². The van der Waals surface area contributed by atoms with E-state index in [-0.39, 0.29) is 0 Å². The van der Waals surface area contributed by atoms with E-state index in [1.54, 1.807) is 11.1 Å². The number of rotatable bonds is 1. The summed E-state index contributed by atoms with van der Waals surface area (Å²) in [5.41, 5.74) is 3.81. The summed E-state index contributed by atoms with van der Waals surface area (Å²) in [5.74, 6) is 0.885. The standard InChI is InChI=1S/C15H24/c1-15(2,3)14-11-7-6-10-13(14)12-8-4-5-9-12/h6,10,12H,4-5,7-9,11H2,1-3H3. The van der Waals surface area contributed by atoms with Crippen LogP contribution in [-0.4, -0.2) is 0 Å². The highest BCUT2D eigenvalue weighted by molar-refractivity contribution is 5.35. The van der Waals surface area contributed by atoms with Gasteiger partial charge >= 0.3 is 0 Å². The molecule has 0 heteroatoms. The quantitative estimate of drug-likeness (QED) is 0.571. The minimum atomic E-state index is 0.378. The van der Waals surface area contributed by atoms with E-state index < -0.39 is 0 Å². The van der Waals surface area contributed by atoms with Gasteiger partial charge in [0.1, 0.15) is 0 Å². The molecule has 0 heterocycles. The minimum absolute atomic E-state index is 0.378. The molecule has 0 saturated heterocycles. The maximum Gasteiger partial charge on any atom is -0.0162 e. The van der Waals surface area contributed by atoms with E-state index in [1.807, 2.05) is 0 Å². The van der Waals surface area contributed by atoms with Gasteiger partial charge in [0.15, 0.2) is 0 Å². The lowest BCUT2D eigenvalue weighted by molar-refractivity contribution is 0.462. The highest BCUT2D eigenvalue weighted by Gasteiger charge is 2.27. The maximum absolute atomic E-state index is 2.43. The van der Waals surface area contributed by atoms with Crippen LogP contribution in [0.5, 0.6) is 0 Å². The molecule has 84 valence electrons. The molecule has 2 rings (SSSR count). The molecule has 0 aromatic rings. The Morgan fingerprint density at radius 3 is 2.40 bits per heavy atom. The van der Waals surface area contributed by atoms with Crippen molar-refractivity contribution < 1.29 is 0 Å². The van der Waals surface area contributed by atoms with Crippen molar-refractivity contribution in [3.05, 3.63) is 23.3 Å². The average molecular weight is 204 g/mol. The van der Waals surface area contributed by atoms with Gasteiger partial charge in [0, 0.05) is 0 Å². The molecular weight excluding hydrogens is 180 g/mol. The van der Waals surface area contributed by atoms with Crippen LogP contribution in [0.1, 0.15) is 59.3 Å². The Bertz CT molecular complexity index is 280. The van der Waals surface area contributed by atoms with Crippen LogP contribution in [0.3, 0.4) is 0 Å². The number of hydrogen-bond donors (Lipinski definition) is 0. The molecule has 1 fully saturated rings. The molecule has 0 amide bonds. The van der Waals surface area contributed by atoms with Gasteiger partial charge in [0.25, 0.3) is 0 Å². The van der Waals surface area contributed by atoms with E-state index in [2.05, 4.69) is 32.9 Å². The van der Waals surface area contributed by atoms with E-state index in [0.717, 1.165) is 5.92 Å². The van der Waals surface area contributed by atoms with Gasteiger partial charge in [-0.3, -0.25) is 0 Å². The zero-order valence-electron chi connectivity index (χ0n) is 10.5. The molecule has 0 aromatic carbocycles. The lowest BCUT2D eigenvalue weighted by Gasteiger charge is -2.30. The molecule has 0 aliphatic heterocycles. The van der Waals surface area contributed by atoms with Crippen LogP contribution in [0.4, 0.5) is 0 Å². The van der Waals surface area contributed by atoms with E-state index in [9.17, 15) is 0 Å². The van der Waals surface area contributed by atoms with E-state index in [0.29, 0.717) is 5.41 Å². The lowest BCUT2D eigenvalue weighted by Crippen LogP contribution is -2.16. The van der Waals surface area contributed by atoms with E-state index in [4.69, 9.17) is 0 Å². The Labute approximate surface area is 94.5 Å². The van der Waals surface area contributed by atoms with Gasteiger partial charge in [-0.25, -0.2) is 0 Å². The summed E-state index contributed by atoms with van der Waals surface area (Å²) in [4.78, 5) is 0. The first-order valence-corrected chi connectivity index (χ1v) is 6.49. The third kappa shape index (κ3) is 2.35. The van der Waals surface area contributed by atoms with Gasteiger partial charge in [-0.15, -0.1) is 0 Å². The molecule has 0 unspecified atom stereocenters. The fraction of sp³-hybridized carbons (Fsp3) is 0.733. The van der Waals surface area contributed by atoms with Crippen LogP contribution < -0.4 is 0 Å². The monoisotopic (exact) mass is 204 g/mol. The fourth-order valence-electron chi connectivity index (χ4n) is 3.11. The van der Waals surface area contributed by atoms with Gasteiger partial charge in [-0.1, -0.05) is 51.3 Å². The Kier molecular flexibility index (Phi) is 3.04. The second-order valence-electron chi connectivity index (χ2n) is 6.11. The van der Waals surface area contributed by atoms with Crippen LogP contribution in [0, 0.1) is 11.3 Å². The number of allylic oxidation sites excluding steroid dienone is 4. The molecule has 0 aromatic heterocycles. The van der Waals surface area contributed by atoms with Crippen molar-refractivity contribution in [1.82, 2.24) is 0 Å². The lowest BCUT2D eigenvalue weighted by atomic mass is 9.75. The van der Waals surface area contributed by atoms with Crippen molar-refractivity contribution >= 4 is 0 Å². The Morgan fingerprint density at radius 1 is 1.13 bits per heavy atom. The van der Waals surface area contributed by atoms with Crippen molar-refractivity contribution in [2.45, 2.75) is 59.3 Å². The SMILES string of the molecule is CC(C)(C)C1=C(C2CCCC2)C=CCC1. The summed E-state index contributed by atoms with van der Waals surface area (Å²) in [6.45, 7) is 7.11. The van der Waals surface area contributed by atoms with Gasteiger partial charge in [-0.05, 0) is 42.6 Å². The van der Waals surface area contributed by atoms with Crippen molar-refractivity contribution in [2.75, 3.05) is 0 Å². The summed E-state index contributed by atoms with van der Waals surface area (Å²) >= 11 is 0. The van der Waals surface area contributed by atoms with Crippen molar-refractivity contribution in [2.24, 2.45) is 11.3 Å². The third-order valence-corrected chi connectivity index (χ3v) is 3.91. The predicted octanol–water partition coefficient (Wildman–Crippen LogP) is 4.87. The smallest absolute Gasteiger partial charge is 0.0162 e. The first kappa shape index (κ1) is 11.0. The van der Waals surface area contributed by atoms with Crippen LogP contribution >= 0.6 is 0 Å². The molecule has 2 aliphatic rings. The Hall–Kier alpha value is -0.520. The zero-order chi connectivity index (χ0) is 10.9. The van der Waals surface area contributed by atoms with Crippen LogP contribution in [0.25, 0.3) is 0 Å². The zero-order valence-corrected chi connectivity index (χ0v) is 10.5. The fourth-order valence-corrected chi connectivity index (χ4v) is 3.11. The summed E-state index contributed by atoms with van der Waals surface area (Å²) < 4.78 is 0. The van der Waals surface area contributed by atoms with Crippen LogP contribution in [0.2, 0.25) is 0 Å². The first-order valence-electron chi connectivity index (χ1n) is 6.49. The molecule has 0 atom stereocenters. The topological polar surface area (TPSA) is 0 Å². The molecule has 0 N–H and O–H groups in total. The third-order valence-electron chi connectivity index (χ3n) is 3.91. The van der Waals surface area contributed by atoms with E-state index in [1.165, 1.54) is 38.5 Å². The van der Waals surface area contributed by atoms with Gasteiger partial charge in [0.05, 0.1) is 0 Å². The largest absolute Gasteiger partial charge is 0.0839 e. The normalized spacial score (nSPS) is 23.9. The number of hydrogen-bond acceptors (Lipinski definition) is 0.